The largest absolute Gasteiger partial charge is 0.353 e. The van der Waals surface area contributed by atoms with Crippen LogP contribution in [0.5, 0.6) is 0 Å². The maximum Gasteiger partial charge on any atom is 0.140 e. The van der Waals surface area contributed by atoms with Crippen LogP contribution in [0.4, 0.5) is 10.2 Å². The van der Waals surface area contributed by atoms with Crippen molar-refractivity contribution in [2.75, 3.05) is 31.1 Å². The van der Waals surface area contributed by atoms with Crippen LogP contribution >= 0.6 is 0 Å². The summed E-state index contributed by atoms with van der Waals surface area (Å²) in [6, 6.07) is 10.6. The van der Waals surface area contributed by atoms with Gasteiger partial charge in [0.05, 0.1) is 11.2 Å². The molecule has 1 aromatic carbocycles. The Bertz CT molecular complexity index is 831. The van der Waals surface area contributed by atoms with E-state index in [1.54, 1.807) is 12.4 Å². The normalized spacial score (nSPS) is 15.8. The number of nitrogens with zero attached hydrogens (tertiary/aromatic N) is 5. The molecule has 0 spiro atoms. The Morgan fingerprint density at radius 3 is 2.62 bits per heavy atom. The monoisotopic (exact) mass is 323 g/mol. The Kier molecular flexibility index (Phi) is 4.04. The molecule has 3 heterocycles. The van der Waals surface area contributed by atoms with Gasteiger partial charge in [-0.05, 0) is 30.3 Å². The van der Waals surface area contributed by atoms with Crippen LogP contribution in [0, 0.1) is 5.82 Å². The molecule has 0 atom stereocenters. The average molecular weight is 323 g/mol. The maximum absolute atomic E-state index is 13.6. The highest BCUT2D eigenvalue weighted by atomic mass is 19.1. The average Bonchev–Trinajstić information content (AvgIpc) is 2.63. The molecule has 0 amide bonds. The number of hydrogen-bond acceptors (Lipinski definition) is 5. The molecule has 1 fully saturated rings. The third-order valence-electron chi connectivity index (χ3n) is 4.36. The number of halogens is 1. The van der Waals surface area contributed by atoms with Gasteiger partial charge >= 0.3 is 0 Å². The minimum atomic E-state index is -0.257. The summed E-state index contributed by atoms with van der Waals surface area (Å²) in [5.41, 5.74) is 1.86. The van der Waals surface area contributed by atoms with E-state index in [0.717, 1.165) is 55.1 Å². The van der Waals surface area contributed by atoms with Crippen molar-refractivity contribution in [3.63, 3.8) is 0 Å². The number of anilines is 1. The molecule has 0 unspecified atom stereocenters. The minimum Gasteiger partial charge on any atom is -0.353 e. The zero-order valence-electron chi connectivity index (χ0n) is 13.3. The van der Waals surface area contributed by atoms with E-state index in [1.165, 1.54) is 12.1 Å². The summed E-state index contributed by atoms with van der Waals surface area (Å²) in [5, 5.41) is 0.774. The van der Waals surface area contributed by atoms with Crippen LogP contribution in [0.1, 0.15) is 5.69 Å². The number of benzene rings is 1. The molecule has 122 valence electrons. The molecule has 0 N–H and O–H groups in total. The van der Waals surface area contributed by atoms with E-state index in [-0.39, 0.29) is 5.82 Å². The second-order valence-corrected chi connectivity index (χ2v) is 5.94. The molecular weight excluding hydrogens is 305 g/mol. The van der Waals surface area contributed by atoms with Crippen molar-refractivity contribution in [3.05, 3.63) is 60.4 Å². The van der Waals surface area contributed by atoms with Crippen LogP contribution in [-0.4, -0.2) is 46.0 Å². The summed E-state index contributed by atoms with van der Waals surface area (Å²) in [6.45, 7) is 4.42. The Hall–Kier alpha value is -2.60. The molecule has 1 aliphatic rings. The molecule has 1 saturated heterocycles. The summed E-state index contributed by atoms with van der Waals surface area (Å²) in [5.74, 6) is 0.560. The Labute approximate surface area is 139 Å². The lowest BCUT2D eigenvalue weighted by atomic mass is 10.2. The first-order chi connectivity index (χ1) is 11.8. The van der Waals surface area contributed by atoms with Gasteiger partial charge in [-0.2, -0.15) is 0 Å². The van der Waals surface area contributed by atoms with Gasteiger partial charge in [-0.1, -0.05) is 6.07 Å². The molecule has 3 aromatic rings. The molecule has 24 heavy (non-hydrogen) atoms. The van der Waals surface area contributed by atoms with Crippen molar-refractivity contribution in [1.29, 1.82) is 0 Å². The van der Waals surface area contributed by atoms with E-state index in [1.807, 2.05) is 24.4 Å². The van der Waals surface area contributed by atoms with Crippen molar-refractivity contribution in [2.24, 2.45) is 0 Å². The van der Waals surface area contributed by atoms with E-state index < -0.39 is 0 Å². The zero-order chi connectivity index (χ0) is 16.4. The quantitative estimate of drug-likeness (QED) is 0.741. The van der Waals surface area contributed by atoms with E-state index >= 15 is 0 Å². The van der Waals surface area contributed by atoms with Crippen molar-refractivity contribution in [1.82, 2.24) is 19.9 Å². The number of fused-ring (bicyclic) bond motifs is 1. The van der Waals surface area contributed by atoms with Crippen LogP contribution in [0.25, 0.3) is 10.9 Å². The highest BCUT2D eigenvalue weighted by Crippen LogP contribution is 2.24. The first-order valence-electron chi connectivity index (χ1n) is 8.07. The van der Waals surface area contributed by atoms with Gasteiger partial charge in [-0.15, -0.1) is 0 Å². The van der Waals surface area contributed by atoms with E-state index in [9.17, 15) is 4.39 Å². The molecule has 4 rings (SSSR count). The van der Waals surface area contributed by atoms with Gasteiger partial charge in [0.1, 0.15) is 18.0 Å². The summed E-state index contributed by atoms with van der Waals surface area (Å²) in [6.07, 6.45) is 3.38. The molecule has 1 aliphatic heterocycles. The fourth-order valence-corrected chi connectivity index (χ4v) is 3.11. The van der Waals surface area contributed by atoms with Crippen LogP contribution in [0.2, 0.25) is 0 Å². The van der Waals surface area contributed by atoms with Gasteiger partial charge in [0, 0.05) is 44.3 Å². The molecule has 0 radical (unpaired) electrons. The van der Waals surface area contributed by atoms with Gasteiger partial charge in [0.2, 0.25) is 0 Å². The lowest BCUT2D eigenvalue weighted by Crippen LogP contribution is -2.46. The van der Waals surface area contributed by atoms with Crippen LogP contribution in [0.15, 0.2) is 48.9 Å². The van der Waals surface area contributed by atoms with Crippen LogP contribution in [-0.2, 0) is 6.54 Å². The van der Waals surface area contributed by atoms with Crippen molar-refractivity contribution in [2.45, 2.75) is 6.54 Å². The summed E-state index contributed by atoms with van der Waals surface area (Å²) >= 11 is 0. The highest BCUT2D eigenvalue weighted by molar-refractivity contribution is 5.89. The predicted octanol–water partition coefficient (Wildman–Crippen LogP) is 2.49. The van der Waals surface area contributed by atoms with Crippen molar-refractivity contribution in [3.8, 4) is 0 Å². The van der Waals surface area contributed by atoms with Gasteiger partial charge in [-0.3, -0.25) is 9.88 Å². The number of aromatic nitrogens is 3. The van der Waals surface area contributed by atoms with Gasteiger partial charge in [0.25, 0.3) is 0 Å². The second kappa shape index (κ2) is 6.49. The zero-order valence-corrected chi connectivity index (χ0v) is 13.3. The second-order valence-electron chi connectivity index (χ2n) is 5.94. The van der Waals surface area contributed by atoms with Crippen molar-refractivity contribution < 1.29 is 4.39 Å². The molecule has 6 heteroatoms. The van der Waals surface area contributed by atoms with Gasteiger partial charge in [-0.25, -0.2) is 14.4 Å². The van der Waals surface area contributed by atoms with E-state index in [0.29, 0.717) is 0 Å². The first-order valence-corrected chi connectivity index (χ1v) is 8.07. The third kappa shape index (κ3) is 3.05. The number of hydrogen-bond donors (Lipinski definition) is 0. The summed E-state index contributed by atoms with van der Waals surface area (Å²) < 4.78 is 13.6. The lowest BCUT2D eigenvalue weighted by Gasteiger charge is -2.35. The topological polar surface area (TPSA) is 45.2 Å². The molecule has 0 bridgehead atoms. The fourth-order valence-electron chi connectivity index (χ4n) is 3.11. The van der Waals surface area contributed by atoms with Gasteiger partial charge in [0.15, 0.2) is 0 Å². The highest BCUT2D eigenvalue weighted by Gasteiger charge is 2.20. The van der Waals surface area contributed by atoms with Gasteiger partial charge < -0.3 is 4.90 Å². The predicted molar refractivity (Wildman–Crippen MR) is 91.2 cm³/mol. The fraction of sp³-hybridized carbons (Fsp3) is 0.278. The smallest absolute Gasteiger partial charge is 0.140 e. The Balaban J connectivity index is 1.49. The number of pyridine rings is 1. The molecule has 0 saturated carbocycles. The Morgan fingerprint density at radius 1 is 0.958 bits per heavy atom. The summed E-state index contributed by atoms with van der Waals surface area (Å²) in [7, 11) is 0. The van der Waals surface area contributed by atoms with E-state index in [2.05, 4.69) is 24.8 Å². The van der Waals surface area contributed by atoms with Crippen LogP contribution < -0.4 is 4.90 Å². The summed E-state index contributed by atoms with van der Waals surface area (Å²) in [4.78, 5) is 17.6. The number of piperazine rings is 1. The maximum atomic E-state index is 13.6. The Morgan fingerprint density at radius 2 is 1.83 bits per heavy atom. The minimum absolute atomic E-state index is 0.257. The first kappa shape index (κ1) is 15.0. The lowest BCUT2D eigenvalue weighted by molar-refractivity contribution is 0.247. The molecular formula is C18H18FN5. The molecule has 0 aliphatic carbocycles. The third-order valence-corrected chi connectivity index (χ3v) is 4.36. The van der Waals surface area contributed by atoms with Crippen molar-refractivity contribution >= 4 is 16.7 Å². The van der Waals surface area contributed by atoms with E-state index in [4.69, 9.17) is 0 Å². The standard InChI is InChI=1S/C18H18FN5/c19-14-4-5-17-16(11-14)18(22-13-21-17)24-9-7-23(8-10-24)12-15-3-1-2-6-20-15/h1-6,11,13H,7-10,12H2. The molecule has 2 aromatic heterocycles. The van der Waals surface area contributed by atoms with Crippen LogP contribution in [0.3, 0.4) is 0 Å². The molecule has 5 nitrogen and oxygen atoms in total. The SMILES string of the molecule is Fc1ccc2ncnc(N3CCN(Cc4ccccn4)CC3)c2c1. The number of rotatable bonds is 3.